The minimum Gasteiger partial charge on any atom is -0.497 e. The Balaban J connectivity index is 1.81. The molecular weight excluding hydrogens is 418 g/mol. The Morgan fingerprint density at radius 3 is 2.57 bits per heavy atom. The molecule has 1 N–H and O–H groups in total. The van der Waals surface area contributed by atoms with Crippen LogP contribution in [-0.4, -0.2) is 16.8 Å². The average molecular weight is 436 g/mol. The number of methoxy groups -OCH3 is 1. The highest BCUT2D eigenvalue weighted by Crippen LogP contribution is 2.21. The molecule has 0 saturated carbocycles. The molecule has 28 heavy (non-hydrogen) atoms. The van der Waals surface area contributed by atoms with Crippen molar-refractivity contribution < 1.29 is 4.74 Å². The molecule has 0 radical (unpaired) electrons. The Kier molecular flexibility index (Phi) is 5.12. The van der Waals surface area contributed by atoms with Gasteiger partial charge in [0.25, 0.3) is 5.56 Å². The average Bonchev–Trinajstić information content (AvgIpc) is 2.73. The number of para-hydroxylation sites is 1. The maximum Gasteiger partial charge on any atom is 0.280 e. The maximum absolute atomic E-state index is 13.2. The Labute approximate surface area is 170 Å². The zero-order valence-electron chi connectivity index (χ0n) is 15.2. The van der Waals surface area contributed by atoms with E-state index in [0.717, 1.165) is 21.3 Å². The molecule has 0 spiro atoms. The van der Waals surface area contributed by atoms with Crippen LogP contribution in [0, 0.1) is 0 Å². The summed E-state index contributed by atoms with van der Waals surface area (Å²) in [5, 5.41) is 0.571. The molecule has 0 aliphatic heterocycles. The monoisotopic (exact) mass is 435 g/mol. The van der Waals surface area contributed by atoms with Gasteiger partial charge in [-0.15, -0.1) is 0 Å². The Morgan fingerprint density at radius 2 is 1.82 bits per heavy atom. The molecule has 0 atom stereocenters. The van der Waals surface area contributed by atoms with Gasteiger partial charge in [0.2, 0.25) is 0 Å². The van der Waals surface area contributed by atoms with E-state index in [-0.39, 0.29) is 5.56 Å². The van der Waals surface area contributed by atoms with Gasteiger partial charge in [-0.1, -0.05) is 40.2 Å². The molecule has 4 rings (SSSR count). The number of hydrogen-bond donors (Lipinski definition) is 1. The lowest BCUT2D eigenvalue weighted by Crippen LogP contribution is -2.31. The summed E-state index contributed by atoms with van der Waals surface area (Å²) in [6, 6.07) is 22.8. The first-order valence-electron chi connectivity index (χ1n) is 8.80. The van der Waals surface area contributed by atoms with Gasteiger partial charge < -0.3 is 10.2 Å². The summed E-state index contributed by atoms with van der Waals surface area (Å²) in [5.41, 5.74) is 5.64. The van der Waals surface area contributed by atoms with Gasteiger partial charge in [-0.2, -0.15) is 0 Å². The second-order valence-electron chi connectivity index (χ2n) is 6.29. The number of fused-ring (bicyclic) bond motifs is 1. The van der Waals surface area contributed by atoms with Crippen molar-refractivity contribution in [3.8, 4) is 17.1 Å². The molecule has 0 fully saturated rings. The Bertz CT molecular complexity index is 1190. The van der Waals surface area contributed by atoms with Crippen LogP contribution in [-0.2, 0) is 6.54 Å². The summed E-state index contributed by atoms with van der Waals surface area (Å²) >= 11 is 3.48. The largest absolute Gasteiger partial charge is 0.497 e. The van der Waals surface area contributed by atoms with E-state index in [2.05, 4.69) is 21.4 Å². The van der Waals surface area contributed by atoms with Gasteiger partial charge in [0.15, 0.2) is 5.82 Å². The summed E-state index contributed by atoms with van der Waals surface area (Å²) in [7, 11) is 1.62. The maximum atomic E-state index is 13.2. The predicted octanol–water partition coefficient (Wildman–Crippen LogP) is 4.58. The van der Waals surface area contributed by atoms with Gasteiger partial charge in [0.1, 0.15) is 5.75 Å². The van der Waals surface area contributed by atoms with Crippen LogP contribution in [0.15, 0.2) is 82.1 Å². The fraction of sp³-hybridized carbons (Fsp3) is 0.0909. The summed E-state index contributed by atoms with van der Waals surface area (Å²) in [5.74, 6) is 1.31. The number of hydrogen-bond acceptors (Lipinski definition) is 4. The van der Waals surface area contributed by atoms with E-state index in [4.69, 9.17) is 9.72 Å². The van der Waals surface area contributed by atoms with Crippen LogP contribution < -0.4 is 15.7 Å². The third kappa shape index (κ3) is 3.64. The lowest BCUT2D eigenvalue weighted by Gasteiger charge is -2.16. The van der Waals surface area contributed by atoms with Crippen molar-refractivity contribution in [1.29, 1.82) is 0 Å². The SMILES string of the molecule is COc1ccc(-c2nc3ccccc3c(=O)n2NCc2cccc(Br)c2)cc1. The van der Waals surface area contributed by atoms with Gasteiger partial charge in [-0.05, 0) is 54.1 Å². The number of benzene rings is 3. The number of ether oxygens (including phenoxy) is 1. The lowest BCUT2D eigenvalue weighted by molar-refractivity contribution is 0.415. The first kappa shape index (κ1) is 18.3. The molecule has 140 valence electrons. The minimum atomic E-state index is -0.133. The predicted molar refractivity (Wildman–Crippen MR) is 115 cm³/mol. The van der Waals surface area contributed by atoms with Gasteiger partial charge >= 0.3 is 0 Å². The number of nitrogens with one attached hydrogen (secondary N) is 1. The van der Waals surface area contributed by atoms with Crippen molar-refractivity contribution in [2.24, 2.45) is 0 Å². The molecule has 1 aromatic heterocycles. The number of rotatable bonds is 5. The van der Waals surface area contributed by atoms with Crippen LogP contribution in [0.4, 0.5) is 0 Å². The van der Waals surface area contributed by atoms with Gasteiger partial charge in [-0.3, -0.25) is 4.79 Å². The highest BCUT2D eigenvalue weighted by molar-refractivity contribution is 9.10. The van der Waals surface area contributed by atoms with E-state index in [9.17, 15) is 4.79 Å². The van der Waals surface area contributed by atoms with Gasteiger partial charge in [0.05, 0.1) is 24.6 Å². The third-order valence-electron chi connectivity index (χ3n) is 4.45. The van der Waals surface area contributed by atoms with E-state index in [1.165, 1.54) is 4.68 Å². The van der Waals surface area contributed by atoms with Crippen molar-refractivity contribution >= 4 is 26.8 Å². The zero-order chi connectivity index (χ0) is 19.5. The normalized spacial score (nSPS) is 10.8. The van der Waals surface area contributed by atoms with E-state index in [1.807, 2.05) is 66.7 Å². The molecule has 0 unspecified atom stereocenters. The lowest BCUT2D eigenvalue weighted by atomic mass is 10.2. The molecule has 4 aromatic rings. The summed E-state index contributed by atoms with van der Waals surface area (Å²) < 4.78 is 7.75. The van der Waals surface area contributed by atoms with Crippen molar-refractivity contribution in [3.05, 3.63) is 93.2 Å². The van der Waals surface area contributed by atoms with Crippen molar-refractivity contribution in [2.75, 3.05) is 12.5 Å². The molecule has 3 aromatic carbocycles. The Morgan fingerprint density at radius 1 is 1.04 bits per heavy atom. The molecule has 5 nitrogen and oxygen atoms in total. The fourth-order valence-corrected chi connectivity index (χ4v) is 3.48. The van der Waals surface area contributed by atoms with Crippen LogP contribution in [0.3, 0.4) is 0 Å². The molecule has 0 saturated heterocycles. The van der Waals surface area contributed by atoms with E-state index < -0.39 is 0 Å². The van der Waals surface area contributed by atoms with Gasteiger partial charge in [0, 0.05) is 10.0 Å². The molecule has 1 heterocycles. The molecule has 6 heteroatoms. The van der Waals surface area contributed by atoms with Crippen LogP contribution in [0.2, 0.25) is 0 Å². The number of halogens is 1. The van der Waals surface area contributed by atoms with Crippen molar-refractivity contribution in [1.82, 2.24) is 9.66 Å². The third-order valence-corrected chi connectivity index (χ3v) is 4.95. The van der Waals surface area contributed by atoms with Crippen molar-refractivity contribution in [2.45, 2.75) is 6.54 Å². The second kappa shape index (κ2) is 7.86. The minimum absolute atomic E-state index is 0.133. The van der Waals surface area contributed by atoms with E-state index in [1.54, 1.807) is 13.2 Å². The topological polar surface area (TPSA) is 56.1 Å². The summed E-state index contributed by atoms with van der Waals surface area (Å²) in [6.45, 7) is 0.489. The van der Waals surface area contributed by atoms with Gasteiger partial charge in [-0.25, -0.2) is 9.66 Å². The molecule has 0 aliphatic rings. The smallest absolute Gasteiger partial charge is 0.280 e. The summed E-state index contributed by atoms with van der Waals surface area (Å²) in [4.78, 5) is 17.9. The molecule has 0 bridgehead atoms. The van der Waals surface area contributed by atoms with Crippen LogP contribution in [0.25, 0.3) is 22.3 Å². The fourth-order valence-electron chi connectivity index (χ4n) is 3.03. The van der Waals surface area contributed by atoms with Crippen LogP contribution in [0.1, 0.15) is 5.56 Å². The quantitative estimate of drug-likeness (QED) is 0.498. The highest BCUT2D eigenvalue weighted by Gasteiger charge is 2.13. The van der Waals surface area contributed by atoms with Crippen molar-refractivity contribution in [3.63, 3.8) is 0 Å². The molecular formula is C22H18BrN3O2. The number of nitrogens with zero attached hydrogens (tertiary/aromatic N) is 2. The molecule has 0 aliphatic carbocycles. The molecule has 0 amide bonds. The second-order valence-corrected chi connectivity index (χ2v) is 7.20. The first-order chi connectivity index (χ1) is 13.7. The van der Waals surface area contributed by atoms with E-state index >= 15 is 0 Å². The van der Waals surface area contributed by atoms with Crippen LogP contribution >= 0.6 is 15.9 Å². The summed E-state index contributed by atoms with van der Waals surface area (Å²) in [6.07, 6.45) is 0. The number of aromatic nitrogens is 2. The highest BCUT2D eigenvalue weighted by atomic mass is 79.9. The first-order valence-corrected chi connectivity index (χ1v) is 9.59. The van der Waals surface area contributed by atoms with E-state index in [0.29, 0.717) is 23.3 Å². The van der Waals surface area contributed by atoms with Crippen LogP contribution in [0.5, 0.6) is 5.75 Å². The standard InChI is InChI=1S/C22H18BrN3O2/c1-28-18-11-9-16(10-12-18)21-25-20-8-3-2-7-19(20)22(27)26(21)24-14-15-5-4-6-17(23)13-15/h2-13,24H,14H2,1H3. The zero-order valence-corrected chi connectivity index (χ0v) is 16.8. The Hall–Kier alpha value is -3.12.